The predicted molar refractivity (Wildman–Crippen MR) is 59.9 cm³/mol. The number of carbonyl (C=O) groups is 1. The Morgan fingerprint density at radius 2 is 2.30 bits per heavy atom. The number of amides is 2. The van der Waals surface area contributed by atoms with E-state index in [9.17, 15) is 17.8 Å². The molecule has 1 aromatic rings. The quantitative estimate of drug-likeness (QED) is 0.322. The molecule has 0 radical (unpaired) electrons. The number of carbonyl (C=O) groups excluding carboxylic acids is 1. The zero-order valence-corrected chi connectivity index (χ0v) is 13.1. The molecule has 11 heteroatoms. The van der Waals surface area contributed by atoms with Crippen molar-refractivity contribution in [3.05, 3.63) is 24.5 Å². The summed E-state index contributed by atoms with van der Waals surface area (Å²) in [6, 6.07) is -2.01. The van der Waals surface area contributed by atoms with Gasteiger partial charge in [0.1, 0.15) is 6.04 Å². The second-order valence-corrected chi connectivity index (χ2v) is 4.92. The molecule has 0 spiro atoms. The number of rotatable bonds is 3. The van der Waals surface area contributed by atoms with Crippen molar-refractivity contribution in [1.29, 1.82) is 0 Å². The molecule has 2 aliphatic rings. The third-order valence-corrected chi connectivity index (χ3v) is 3.06. The van der Waals surface area contributed by atoms with Crippen LogP contribution < -0.4 is 29.6 Å². The Hall–Kier alpha value is -0.910. The minimum Gasteiger partial charge on any atom is -0.724 e. The zero-order valence-electron chi connectivity index (χ0n) is 13.3. The largest absolute Gasteiger partial charge is 1.00 e. The van der Waals surface area contributed by atoms with Gasteiger partial charge in [-0.2, -0.15) is 14.4 Å². The van der Waals surface area contributed by atoms with Gasteiger partial charge in [-0.25, -0.2) is 17.9 Å². The summed E-state index contributed by atoms with van der Waals surface area (Å²) in [6.07, 6.45) is 0.701. The van der Waals surface area contributed by atoms with Crippen LogP contribution in [0.2, 0.25) is 0 Å². The summed E-state index contributed by atoms with van der Waals surface area (Å²) in [7, 11) is -5.09. The van der Waals surface area contributed by atoms with Gasteiger partial charge in [-0.15, -0.1) is 0 Å². The molecule has 2 aliphatic heterocycles. The number of fused-ring (bicyclic) bond motifs is 2. The normalized spacial score (nSPS) is 23.9. The van der Waals surface area contributed by atoms with Gasteiger partial charge in [0, 0.05) is 18.9 Å². The van der Waals surface area contributed by atoms with E-state index in [1.807, 2.05) is 0 Å². The summed E-state index contributed by atoms with van der Waals surface area (Å²) in [4.78, 5) is 13.1. The van der Waals surface area contributed by atoms with Crippen LogP contribution in [-0.2, 0) is 14.7 Å². The Morgan fingerprint density at radius 3 is 2.90 bits per heavy atom. The monoisotopic (exact) mass is 311 g/mol. The van der Waals surface area contributed by atoms with Gasteiger partial charge in [0.25, 0.3) is 0 Å². The maximum Gasteiger partial charge on any atom is 1.00 e. The SMILES string of the molecule is [2H]c1nn(C2=CC3CN(C2)C(=O)N3OS(=O)(=O)[O-])c([2H])c1[2H].[Na+]. The number of aromatic nitrogens is 2. The van der Waals surface area contributed by atoms with Crippen LogP contribution in [0.1, 0.15) is 4.11 Å². The van der Waals surface area contributed by atoms with Crippen LogP contribution in [0, 0.1) is 0 Å². The van der Waals surface area contributed by atoms with Crippen molar-refractivity contribution in [3.8, 4) is 0 Å². The van der Waals surface area contributed by atoms with Gasteiger partial charge in [-0.3, -0.25) is 0 Å². The first-order chi connectivity index (χ1) is 10.2. The molecule has 2 bridgehead atoms. The Bertz CT molecular complexity index is 797. The van der Waals surface area contributed by atoms with Crippen LogP contribution in [0.4, 0.5) is 4.79 Å². The van der Waals surface area contributed by atoms with Crippen molar-refractivity contribution in [2.24, 2.45) is 0 Å². The first-order valence-corrected chi connectivity index (χ1v) is 6.48. The smallest absolute Gasteiger partial charge is 0.724 e. The number of nitrogens with zero attached hydrogens (tertiary/aromatic N) is 4. The number of urea groups is 1. The molecule has 1 unspecified atom stereocenters. The molecule has 0 N–H and O–H groups in total. The third kappa shape index (κ3) is 2.90. The van der Waals surface area contributed by atoms with Crippen molar-refractivity contribution in [2.75, 3.05) is 13.1 Å². The van der Waals surface area contributed by atoms with E-state index in [1.165, 1.54) is 11.0 Å². The fourth-order valence-corrected chi connectivity index (χ4v) is 2.39. The molecular weight excluding hydrogens is 299 g/mol. The van der Waals surface area contributed by atoms with Crippen molar-refractivity contribution < 1.29 is 55.7 Å². The Balaban J connectivity index is 0.00000192. The molecule has 1 atom stereocenters. The Labute approximate surface area is 141 Å². The van der Waals surface area contributed by atoms with E-state index in [0.717, 1.165) is 4.68 Å². The van der Waals surface area contributed by atoms with Gasteiger partial charge in [0.05, 0.1) is 16.4 Å². The van der Waals surface area contributed by atoms with Crippen molar-refractivity contribution in [1.82, 2.24) is 19.7 Å². The van der Waals surface area contributed by atoms with E-state index in [-0.39, 0.29) is 61.0 Å². The summed E-state index contributed by atoms with van der Waals surface area (Å²) in [5, 5.41) is 4.17. The second kappa shape index (κ2) is 5.47. The minimum atomic E-state index is -5.09. The van der Waals surface area contributed by atoms with Gasteiger partial charge in [0.15, 0.2) is 0 Å². The summed E-state index contributed by atoms with van der Waals surface area (Å²) in [6.45, 7) is 0.106. The molecule has 2 amide bonds. The van der Waals surface area contributed by atoms with Gasteiger partial charge < -0.3 is 9.45 Å². The first kappa shape index (κ1) is 11.7. The number of hydrogen-bond donors (Lipinski definition) is 0. The molecular formula is C9H9N4NaO5S. The molecule has 0 aromatic carbocycles. The molecule has 0 saturated carbocycles. The third-order valence-electron chi connectivity index (χ3n) is 2.72. The average Bonchev–Trinajstić information content (AvgIpc) is 2.80. The van der Waals surface area contributed by atoms with Crippen molar-refractivity contribution in [2.45, 2.75) is 6.04 Å². The molecule has 0 aliphatic carbocycles. The fourth-order valence-electron chi connectivity index (χ4n) is 2.02. The fraction of sp³-hybridized carbons (Fsp3) is 0.333. The Morgan fingerprint density at radius 1 is 1.55 bits per heavy atom. The molecule has 20 heavy (non-hydrogen) atoms. The zero-order chi connectivity index (χ0) is 16.2. The van der Waals surface area contributed by atoms with E-state index in [1.54, 1.807) is 0 Å². The van der Waals surface area contributed by atoms with Gasteiger partial charge in [-0.1, -0.05) is 0 Å². The maximum atomic E-state index is 11.9. The van der Waals surface area contributed by atoms with E-state index < -0.39 is 22.5 Å². The van der Waals surface area contributed by atoms with E-state index >= 15 is 0 Å². The van der Waals surface area contributed by atoms with E-state index in [0.29, 0.717) is 10.8 Å². The second-order valence-electron chi connectivity index (χ2n) is 3.96. The summed E-state index contributed by atoms with van der Waals surface area (Å²) >= 11 is 0. The minimum absolute atomic E-state index is 0. The number of hydrogen-bond acceptors (Lipinski definition) is 6. The van der Waals surface area contributed by atoms with E-state index in [4.69, 9.17) is 4.11 Å². The van der Waals surface area contributed by atoms with Crippen LogP contribution in [0.3, 0.4) is 0 Å². The summed E-state index contributed by atoms with van der Waals surface area (Å²) in [5.74, 6) is 0. The average molecular weight is 311 g/mol. The summed E-state index contributed by atoms with van der Waals surface area (Å²) in [5.41, 5.74) is 0.316. The predicted octanol–water partition coefficient (Wildman–Crippen LogP) is -3.76. The molecule has 3 rings (SSSR count). The molecule has 1 saturated heterocycles. The molecule has 1 aromatic heterocycles. The van der Waals surface area contributed by atoms with Crippen LogP contribution >= 0.6 is 0 Å². The maximum absolute atomic E-state index is 11.9. The van der Waals surface area contributed by atoms with Gasteiger partial charge >= 0.3 is 35.6 Å². The first-order valence-electron chi connectivity index (χ1n) is 6.65. The number of hydroxylamine groups is 2. The Kier molecular flexibility index (Phi) is 3.20. The van der Waals surface area contributed by atoms with Gasteiger partial charge in [0.2, 0.25) is 10.4 Å². The molecule has 9 nitrogen and oxygen atoms in total. The van der Waals surface area contributed by atoms with Crippen LogP contribution in [0.15, 0.2) is 24.5 Å². The topological polar surface area (TPSA) is 108 Å². The summed E-state index contributed by atoms with van der Waals surface area (Å²) < 4.78 is 59.7. The van der Waals surface area contributed by atoms with Crippen LogP contribution in [0.5, 0.6) is 0 Å². The molecule has 1 fully saturated rings. The molecule has 3 heterocycles. The molecule has 102 valence electrons. The van der Waals surface area contributed by atoms with Crippen LogP contribution in [0.25, 0.3) is 5.70 Å². The van der Waals surface area contributed by atoms with Gasteiger partial charge in [-0.05, 0) is 12.1 Å². The van der Waals surface area contributed by atoms with Crippen molar-refractivity contribution in [3.63, 3.8) is 0 Å². The van der Waals surface area contributed by atoms with Crippen LogP contribution in [-0.4, -0.2) is 57.9 Å². The van der Waals surface area contributed by atoms with Crippen molar-refractivity contribution >= 4 is 22.1 Å². The standard InChI is InChI=1S/C9H10N4O5S.Na/c14-9-11-5-7(12-3-1-2-10-12)4-8(6-11)13(9)18-19(15,16)17;/h1-4,8H,5-6H2,(H,15,16,17);/q;+1/p-1/i1D,2D,3D;. The van der Waals surface area contributed by atoms with E-state index in [2.05, 4.69) is 9.38 Å².